The smallest absolute Gasteiger partial charge is 0.222 e. The highest BCUT2D eigenvalue weighted by molar-refractivity contribution is 5.78. The fraction of sp³-hybridized carbons (Fsp3) is 0.455. The van der Waals surface area contributed by atoms with E-state index in [-0.39, 0.29) is 17.6 Å². The van der Waals surface area contributed by atoms with Crippen LogP contribution >= 0.6 is 0 Å². The van der Waals surface area contributed by atoms with Crippen LogP contribution in [0, 0.1) is 11.7 Å². The first-order valence-corrected chi connectivity index (χ1v) is 5.13. The summed E-state index contributed by atoms with van der Waals surface area (Å²) in [5.74, 6) is 0.344. The lowest BCUT2D eigenvalue weighted by Crippen LogP contribution is -2.20. The molecule has 1 amide bonds. The minimum absolute atomic E-state index is 0.140. The molecule has 1 aliphatic rings. The maximum absolute atomic E-state index is 12.6. The number of carbonyl (C=O) groups is 1. The van der Waals surface area contributed by atoms with Gasteiger partial charge in [0.05, 0.1) is 12.8 Å². The second kappa shape index (κ2) is 4.47. The van der Waals surface area contributed by atoms with Crippen molar-refractivity contribution in [1.29, 1.82) is 0 Å². The van der Waals surface area contributed by atoms with Crippen LogP contribution in [0.5, 0.6) is 5.88 Å². The Balaban J connectivity index is 1.84. The van der Waals surface area contributed by atoms with E-state index >= 15 is 0 Å². The Kier molecular flexibility index (Phi) is 3.03. The molecular weight excluding hydrogens is 211 g/mol. The number of hydrogen-bond acceptors (Lipinski definition) is 3. The number of rotatable bonds is 3. The van der Waals surface area contributed by atoms with Gasteiger partial charge < -0.3 is 9.64 Å². The van der Waals surface area contributed by atoms with Gasteiger partial charge in [0.2, 0.25) is 11.8 Å². The van der Waals surface area contributed by atoms with Gasteiger partial charge in [-0.05, 0) is 6.07 Å². The van der Waals surface area contributed by atoms with Gasteiger partial charge in [-0.1, -0.05) is 0 Å². The molecule has 2 heterocycles. The van der Waals surface area contributed by atoms with Gasteiger partial charge in [0, 0.05) is 32.0 Å². The molecule has 1 aromatic rings. The topological polar surface area (TPSA) is 42.4 Å². The fourth-order valence-electron chi connectivity index (χ4n) is 1.72. The Labute approximate surface area is 93.0 Å². The Morgan fingerprint density at radius 1 is 1.62 bits per heavy atom. The van der Waals surface area contributed by atoms with Crippen molar-refractivity contribution in [2.24, 2.45) is 5.92 Å². The molecule has 1 saturated heterocycles. The molecule has 1 unspecified atom stereocenters. The van der Waals surface area contributed by atoms with Crippen molar-refractivity contribution in [2.45, 2.75) is 6.42 Å². The number of amides is 1. The first-order chi connectivity index (χ1) is 7.65. The number of hydrogen-bond donors (Lipinski definition) is 0. The highest BCUT2D eigenvalue weighted by atomic mass is 19.1. The van der Waals surface area contributed by atoms with E-state index in [2.05, 4.69) is 4.98 Å². The lowest BCUT2D eigenvalue weighted by atomic mass is 10.1. The summed E-state index contributed by atoms with van der Waals surface area (Å²) in [7, 11) is 1.78. The lowest BCUT2D eigenvalue weighted by Gasteiger charge is -2.10. The van der Waals surface area contributed by atoms with Crippen molar-refractivity contribution in [3.8, 4) is 5.88 Å². The Hall–Kier alpha value is -1.65. The molecule has 16 heavy (non-hydrogen) atoms. The van der Waals surface area contributed by atoms with E-state index < -0.39 is 0 Å². The molecule has 0 aromatic carbocycles. The highest BCUT2D eigenvalue weighted by Gasteiger charge is 2.27. The average Bonchev–Trinajstić information content (AvgIpc) is 2.58. The van der Waals surface area contributed by atoms with E-state index in [1.807, 2.05) is 0 Å². The molecule has 1 atom stereocenters. The van der Waals surface area contributed by atoms with Crippen LogP contribution in [0.4, 0.5) is 4.39 Å². The minimum Gasteiger partial charge on any atom is -0.477 e. The molecule has 4 nitrogen and oxygen atoms in total. The van der Waals surface area contributed by atoms with Crippen LogP contribution < -0.4 is 4.74 Å². The van der Waals surface area contributed by atoms with Crippen molar-refractivity contribution < 1.29 is 13.9 Å². The molecule has 0 N–H and O–H groups in total. The van der Waals surface area contributed by atoms with Crippen molar-refractivity contribution >= 4 is 5.91 Å². The SMILES string of the molecule is CN1CC(COc2ccc(F)cn2)CC1=O. The third-order valence-electron chi connectivity index (χ3n) is 2.59. The van der Waals surface area contributed by atoms with Crippen molar-refractivity contribution in [3.63, 3.8) is 0 Å². The van der Waals surface area contributed by atoms with Crippen LogP contribution in [0.2, 0.25) is 0 Å². The normalized spacial score (nSPS) is 20.2. The van der Waals surface area contributed by atoms with Gasteiger partial charge in [-0.25, -0.2) is 9.37 Å². The second-order valence-electron chi connectivity index (χ2n) is 3.97. The Morgan fingerprint density at radius 2 is 2.44 bits per heavy atom. The summed E-state index contributed by atoms with van der Waals surface area (Å²) < 4.78 is 17.9. The van der Waals surface area contributed by atoms with Gasteiger partial charge in [-0.2, -0.15) is 0 Å². The van der Waals surface area contributed by atoms with Crippen LogP contribution in [0.3, 0.4) is 0 Å². The number of carbonyl (C=O) groups excluding carboxylic acids is 1. The molecule has 0 bridgehead atoms. The minimum atomic E-state index is -0.386. The van der Waals surface area contributed by atoms with E-state index in [4.69, 9.17) is 4.74 Å². The van der Waals surface area contributed by atoms with Crippen LogP contribution in [0.1, 0.15) is 6.42 Å². The maximum Gasteiger partial charge on any atom is 0.222 e. The molecule has 0 saturated carbocycles. The van der Waals surface area contributed by atoms with Gasteiger partial charge in [0.25, 0.3) is 0 Å². The molecule has 2 rings (SSSR count). The predicted octanol–water partition coefficient (Wildman–Crippen LogP) is 1.08. The van der Waals surface area contributed by atoms with Gasteiger partial charge in [0.15, 0.2) is 0 Å². The summed E-state index contributed by atoms with van der Waals surface area (Å²) in [6, 6.07) is 2.78. The monoisotopic (exact) mass is 224 g/mol. The summed E-state index contributed by atoms with van der Waals surface area (Å²) in [4.78, 5) is 16.7. The highest BCUT2D eigenvalue weighted by Crippen LogP contribution is 2.17. The van der Waals surface area contributed by atoms with E-state index in [0.29, 0.717) is 25.5 Å². The van der Waals surface area contributed by atoms with E-state index in [1.54, 1.807) is 11.9 Å². The Bertz CT molecular complexity index is 380. The maximum atomic E-state index is 12.6. The van der Waals surface area contributed by atoms with Crippen LogP contribution in [-0.2, 0) is 4.79 Å². The zero-order valence-corrected chi connectivity index (χ0v) is 9.02. The third-order valence-corrected chi connectivity index (χ3v) is 2.59. The largest absolute Gasteiger partial charge is 0.477 e. The molecule has 5 heteroatoms. The molecule has 1 fully saturated rings. The number of aromatic nitrogens is 1. The molecule has 0 radical (unpaired) electrons. The number of pyridine rings is 1. The third kappa shape index (κ3) is 2.48. The van der Waals surface area contributed by atoms with E-state index in [9.17, 15) is 9.18 Å². The lowest BCUT2D eigenvalue weighted by molar-refractivity contribution is -0.126. The molecule has 1 aliphatic heterocycles. The summed E-state index contributed by atoms with van der Waals surface area (Å²) >= 11 is 0. The van der Waals surface area contributed by atoms with E-state index in [0.717, 1.165) is 6.20 Å². The van der Waals surface area contributed by atoms with Gasteiger partial charge in [-0.15, -0.1) is 0 Å². The first kappa shape index (κ1) is 10.9. The van der Waals surface area contributed by atoms with Gasteiger partial charge >= 0.3 is 0 Å². The molecule has 1 aromatic heterocycles. The van der Waals surface area contributed by atoms with Crippen LogP contribution in [-0.4, -0.2) is 36.0 Å². The number of ether oxygens (including phenoxy) is 1. The number of halogens is 1. The number of likely N-dealkylation sites (tertiary alicyclic amines) is 1. The van der Waals surface area contributed by atoms with Crippen molar-refractivity contribution in [2.75, 3.05) is 20.2 Å². The second-order valence-corrected chi connectivity index (χ2v) is 3.97. The van der Waals surface area contributed by atoms with Gasteiger partial charge in [-0.3, -0.25) is 4.79 Å². The standard InChI is InChI=1S/C11H13FN2O2/c1-14-6-8(4-11(14)15)7-16-10-3-2-9(12)5-13-10/h2-3,5,8H,4,6-7H2,1H3. The quantitative estimate of drug-likeness (QED) is 0.771. The number of nitrogens with zero attached hydrogens (tertiary/aromatic N) is 2. The van der Waals surface area contributed by atoms with Crippen LogP contribution in [0.15, 0.2) is 18.3 Å². The molecule has 0 spiro atoms. The summed E-state index contributed by atoms with van der Waals surface area (Å²) in [5, 5.41) is 0. The van der Waals surface area contributed by atoms with Crippen molar-refractivity contribution in [3.05, 3.63) is 24.1 Å². The first-order valence-electron chi connectivity index (χ1n) is 5.13. The summed E-state index contributed by atoms with van der Waals surface area (Å²) in [5.41, 5.74) is 0. The molecule has 0 aliphatic carbocycles. The van der Waals surface area contributed by atoms with Crippen molar-refractivity contribution in [1.82, 2.24) is 9.88 Å². The zero-order chi connectivity index (χ0) is 11.5. The molecular formula is C11H13FN2O2. The fourth-order valence-corrected chi connectivity index (χ4v) is 1.72. The summed E-state index contributed by atoms with van der Waals surface area (Å²) in [6.45, 7) is 1.15. The predicted molar refractivity (Wildman–Crippen MR) is 55.4 cm³/mol. The zero-order valence-electron chi connectivity index (χ0n) is 9.02. The molecule has 86 valence electrons. The summed E-state index contributed by atoms with van der Waals surface area (Å²) in [6.07, 6.45) is 1.62. The van der Waals surface area contributed by atoms with Crippen LogP contribution in [0.25, 0.3) is 0 Å². The Morgan fingerprint density at radius 3 is 3.00 bits per heavy atom. The van der Waals surface area contributed by atoms with E-state index in [1.165, 1.54) is 12.1 Å². The average molecular weight is 224 g/mol. The van der Waals surface area contributed by atoms with Gasteiger partial charge in [0.1, 0.15) is 5.82 Å².